The van der Waals surface area contributed by atoms with Gasteiger partial charge in [-0.1, -0.05) is 0 Å². The van der Waals surface area contributed by atoms with Crippen LogP contribution >= 0.6 is 11.3 Å². The Balaban J connectivity index is 1.77. The zero-order chi connectivity index (χ0) is 14.8. The summed E-state index contributed by atoms with van der Waals surface area (Å²) in [5, 5.41) is 15.2. The van der Waals surface area contributed by atoms with E-state index >= 15 is 0 Å². The number of carbonyl (C=O) groups excluding carboxylic acids is 2. The van der Waals surface area contributed by atoms with Gasteiger partial charge in [-0.15, -0.1) is 5.10 Å². The van der Waals surface area contributed by atoms with Crippen LogP contribution in [0.15, 0.2) is 16.8 Å². The molecule has 1 atom stereocenters. The van der Waals surface area contributed by atoms with E-state index in [0.717, 1.165) is 12.0 Å². The van der Waals surface area contributed by atoms with E-state index in [0.29, 0.717) is 18.8 Å². The van der Waals surface area contributed by atoms with Gasteiger partial charge in [0.1, 0.15) is 12.6 Å². The summed E-state index contributed by atoms with van der Waals surface area (Å²) in [6.07, 6.45) is 1.40. The molecule has 2 aromatic rings. The molecule has 0 bridgehead atoms. The lowest BCUT2D eigenvalue weighted by Gasteiger charge is -2.22. The van der Waals surface area contributed by atoms with Gasteiger partial charge in [0.25, 0.3) is 0 Å². The monoisotopic (exact) mass is 306 g/mol. The molecule has 0 spiro atoms. The number of hydrogen-bond donors (Lipinski definition) is 1. The molecule has 2 N–H and O–H groups in total. The van der Waals surface area contributed by atoms with Crippen molar-refractivity contribution in [3.8, 4) is 11.4 Å². The average Bonchev–Trinajstić information content (AvgIpc) is 3.19. The first-order valence-electron chi connectivity index (χ1n) is 6.54. The molecule has 21 heavy (non-hydrogen) atoms. The van der Waals surface area contributed by atoms with Gasteiger partial charge >= 0.3 is 0 Å². The minimum Gasteiger partial charge on any atom is -0.368 e. The van der Waals surface area contributed by atoms with Gasteiger partial charge in [0, 0.05) is 17.5 Å². The molecule has 0 unspecified atom stereocenters. The van der Waals surface area contributed by atoms with Crippen molar-refractivity contribution < 1.29 is 9.59 Å². The standard InChI is InChI=1S/C12H14N6O2S/c13-11(20)9-2-1-4-17(9)10(19)6-18-12(14-15-16-18)8-3-5-21-7-8/h3,5,7,9H,1-2,4,6H2,(H2,13,20)/t9-/m1/s1. The van der Waals surface area contributed by atoms with Crippen LogP contribution in [0.25, 0.3) is 11.4 Å². The van der Waals surface area contributed by atoms with Crippen molar-refractivity contribution >= 4 is 23.2 Å². The largest absolute Gasteiger partial charge is 0.368 e. The summed E-state index contributed by atoms with van der Waals surface area (Å²) >= 11 is 1.53. The third kappa shape index (κ3) is 2.64. The molecule has 3 rings (SSSR count). The summed E-state index contributed by atoms with van der Waals surface area (Å²) < 4.78 is 1.45. The number of primary amides is 1. The zero-order valence-electron chi connectivity index (χ0n) is 11.2. The van der Waals surface area contributed by atoms with Gasteiger partial charge in [-0.2, -0.15) is 11.3 Å². The molecule has 0 saturated carbocycles. The highest BCUT2D eigenvalue weighted by atomic mass is 32.1. The number of nitrogens with zero attached hydrogens (tertiary/aromatic N) is 5. The van der Waals surface area contributed by atoms with Crippen molar-refractivity contribution in [3.05, 3.63) is 16.8 Å². The summed E-state index contributed by atoms with van der Waals surface area (Å²) in [7, 11) is 0. The zero-order valence-corrected chi connectivity index (χ0v) is 12.0. The maximum Gasteiger partial charge on any atom is 0.245 e. The van der Waals surface area contributed by atoms with E-state index in [9.17, 15) is 9.59 Å². The molecule has 1 fully saturated rings. The Labute approximate surface area is 124 Å². The molecule has 2 aromatic heterocycles. The normalized spacial score (nSPS) is 18.1. The van der Waals surface area contributed by atoms with Gasteiger partial charge in [-0.25, -0.2) is 4.68 Å². The summed E-state index contributed by atoms with van der Waals surface area (Å²) in [6, 6.07) is 1.37. The minimum absolute atomic E-state index is 0.00194. The molecular formula is C12H14N6O2S. The topological polar surface area (TPSA) is 107 Å². The number of aromatic nitrogens is 4. The molecule has 1 aliphatic heterocycles. The van der Waals surface area contributed by atoms with Crippen LogP contribution in [0.3, 0.4) is 0 Å². The number of thiophene rings is 1. The molecule has 3 heterocycles. The maximum atomic E-state index is 12.4. The van der Waals surface area contributed by atoms with Crippen molar-refractivity contribution in [2.75, 3.05) is 6.54 Å². The third-order valence-corrected chi connectivity index (χ3v) is 4.18. The number of nitrogens with two attached hydrogens (primary N) is 1. The molecular weight excluding hydrogens is 292 g/mol. The number of likely N-dealkylation sites (tertiary alicyclic amines) is 1. The van der Waals surface area contributed by atoms with Gasteiger partial charge in [0.05, 0.1) is 0 Å². The van der Waals surface area contributed by atoms with Crippen LogP contribution in [0.2, 0.25) is 0 Å². The van der Waals surface area contributed by atoms with Crippen LogP contribution in [-0.2, 0) is 16.1 Å². The van der Waals surface area contributed by atoms with E-state index in [1.807, 2.05) is 16.8 Å². The fourth-order valence-corrected chi connectivity index (χ4v) is 3.12. The van der Waals surface area contributed by atoms with E-state index in [-0.39, 0.29) is 12.5 Å². The van der Waals surface area contributed by atoms with Crippen LogP contribution in [0, 0.1) is 0 Å². The lowest BCUT2D eigenvalue weighted by atomic mass is 10.2. The molecule has 8 nitrogen and oxygen atoms in total. The quantitative estimate of drug-likeness (QED) is 0.847. The summed E-state index contributed by atoms with van der Waals surface area (Å²) in [5.41, 5.74) is 6.19. The Morgan fingerprint density at radius 1 is 1.48 bits per heavy atom. The lowest BCUT2D eigenvalue weighted by Crippen LogP contribution is -2.45. The van der Waals surface area contributed by atoms with Crippen LogP contribution in [-0.4, -0.2) is 49.5 Å². The SMILES string of the molecule is NC(=O)[C@H]1CCCN1C(=O)Cn1nnnc1-c1ccsc1. The molecule has 2 amide bonds. The van der Waals surface area contributed by atoms with E-state index in [1.54, 1.807) is 0 Å². The number of carbonyl (C=O) groups is 2. The Kier molecular flexibility index (Phi) is 3.65. The Bertz CT molecular complexity index is 653. The van der Waals surface area contributed by atoms with Crippen LogP contribution in [0.4, 0.5) is 0 Å². The molecule has 9 heteroatoms. The van der Waals surface area contributed by atoms with Crippen molar-refractivity contribution in [1.29, 1.82) is 0 Å². The molecule has 110 valence electrons. The second kappa shape index (κ2) is 5.60. The number of rotatable bonds is 4. The van der Waals surface area contributed by atoms with Crippen molar-refractivity contribution in [2.24, 2.45) is 5.73 Å². The van der Waals surface area contributed by atoms with Crippen molar-refractivity contribution in [3.63, 3.8) is 0 Å². The Hall–Kier alpha value is -2.29. The van der Waals surface area contributed by atoms with Gasteiger partial charge < -0.3 is 10.6 Å². The van der Waals surface area contributed by atoms with Crippen LogP contribution < -0.4 is 5.73 Å². The minimum atomic E-state index is -0.515. The number of hydrogen-bond acceptors (Lipinski definition) is 6. The van der Waals surface area contributed by atoms with Crippen molar-refractivity contribution in [2.45, 2.75) is 25.4 Å². The molecule has 0 aliphatic carbocycles. The maximum absolute atomic E-state index is 12.4. The van der Waals surface area contributed by atoms with Crippen molar-refractivity contribution in [1.82, 2.24) is 25.1 Å². The van der Waals surface area contributed by atoms with Gasteiger partial charge in [-0.05, 0) is 34.7 Å². The van der Waals surface area contributed by atoms with E-state index in [2.05, 4.69) is 15.5 Å². The highest BCUT2D eigenvalue weighted by Gasteiger charge is 2.33. The van der Waals surface area contributed by atoms with E-state index in [1.165, 1.54) is 20.9 Å². The average molecular weight is 306 g/mol. The second-order valence-corrected chi connectivity index (χ2v) is 5.60. The van der Waals surface area contributed by atoms with Crippen LogP contribution in [0.1, 0.15) is 12.8 Å². The number of amides is 2. The highest BCUT2D eigenvalue weighted by molar-refractivity contribution is 7.08. The van der Waals surface area contributed by atoms with Gasteiger partial charge in [0.2, 0.25) is 11.8 Å². The number of tetrazole rings is 1. The smallest absolute Gasteiger partial charge is 0.245 e. The predicted octanol–water partition coefficient (Wildman–Crippen LogP) is -0.122. The van der Waals surface area contributed by atoms with Gasteiger partial charge in [-0.3, -0.25) is 9.59 Å². The summed E-state index contributed by atoms with van der Waals surface area (Å²) in [4.78, 5) is 25.2. The summed E-state index contributed by atoms with van der Waals surface area (Å²) in [6.45, 7) is 0.546. The second-order valence-electron chi connectivity index (χ2n) is 4.82. The van der Waals surface area contributed by atoms with Crippen LogP contribution in [0.5, 0.6) is 0 Å². The van der Waals surface area contributed by atoms with Gasteiger partial charge in [0.15, 0.2) is 5.82 Å². The highest BCUT2D eigenvalue weighted by Crippen LogP contribution is 2.20. The molecule has 0 radical (unpaired) electrons. The molecule has 1 aliphatic rings. The first kappa shape index (κ1) is 13.7. The lowest BCUT2D eigenvalue weighted by molar-refractivity contribution is -0.137. The predicted molar refractivity (Wildman–Crippen MR) is 75.1 cm³/mol. The first-order chi connectivity index (χ1) is 10.2. The fourth-order valence-electron chi connectivity index (χ4n) is 2.49. The van der Waals surface area contributed by atoms with E-state index < -0.39 is 11.9 Å². The van der Waals surface area contributed by atoms with E-state index in [4.69, 9.17) is 5.73 Å². The Morgan fingerprint density at radius 2 is 2.33 bits per heavy atom. The first-order valence-corrected chi connectivity index (χ1v) is 7.48. The third-order valence-electron chi connectivity index (χ3n) is 3.50. The molecule has 1 saturated heterocycles. The summed E-state index contributed by atoms with van der Waals surface area (Å²) in [5.74, 6) is -0.116. The molecule has 0 aromatic carbocycles. The Morgan fingerprint density at radius 3 is 3.05 bits per heavy atom. The fraction of sp³-hybridized carbons (Fsp3) is 0.417.